The SMILES string of the molecule is Cc1cccc(N2C(=O)NC(=O)[C@@H](C=Nc3ccc(C#N)cc3)C2=O)c1. The number of carbonyl (C=O) groups is 3. The van der Waals surface area contributed by atoms with Crippen molar-refractivity contribution in [3.8, 4) is 6.07 Å². The predicted octanol–water partition coefficient (Wildman–Crippen LogP) is 2.47. The number of anilines is 1. The molecule has 128 valence electrons. The van der Waals surface area contributed by atoms with Crippen molar-refractivity contribution in [3.05, 3.63) is 59.7 Å². The first-order valence-electron chi connectivity index (χ1n) is 7.79. The largest absolute Gasteiger partial charge is 0.335 e. The van der Waals surface area contributed by atoms with E-state index in [9.17, 15) is 14.4 Å². The van der Waals surface area contributed by atoms with Crippen LogP contribution in [0.15, 0.2) is 53.5 Å². The zero-order valence-corrected chi connectivity index (χ0v) is 13.8. The molecule has 7 heteroatoms. The minimum atomic E-state index is -1.22. The third-order valence-electron chi connectivity index (χ3n) is 3.83. The molecule has 26 heavy (non-hydrogen) atoms. The molecule has 3 rings (SSSR count). The Kier molecular flexibility index (Phi) is 4.58. The highest BCUT2D eigenvalue weighted by molar-refractivity contribution is 6.32. The van der Waals surface area contributed by atoms with Crippen molar-refractivity contribution in [2.45, 2.75) is 6.92 Å². The highest BCUT2D eigenvalue weighted by Gasteiger charge is 2.40. The first-order valence-corrected chi connectivity index (χ1v) is 7.79. The van der Waals surface area contributed by atoms with Gasteiger partial charge in [0.05, 0.1) is 23.0 Å². The van der Waals surface area contributed by atoms with Gasteiger partial charge in [-0.3, -0.25) is 19.9 Å². The van der Waals surface area contributed by atoms with Crippen LogP contribution in [0.4, 0.5) is 16.2 Å². The Labute approximate surface area is 149 Å². The topological polar surface area (TPSA) is 103 Å². The van der Waals surface area contributed by atoms with Gasteiger partial charge in [-0.1, -0.05) is 12.1 Å². The maximum Gasteiger partial charge on any atom is 0.335 e. The van der Waals surface area contributed by atoms with Crippen LogP contribution in [0.1, 0.15) is 11.1 Å². The van der Waals surface area contributed by atoms with Crippen molar-refractivity contribution < 1.29 is 14.4 Å². The number of hydrogen-bond acceptors (Lipinski definition) is 5. The Morgan fingerprint density at radius 1 is 1.15 bits per heavy atom. The first kappa shape index (κ1) is 17.0. The first-order chi connectivity index (χ1) is 12.5. The summed E-state index contributed by atoms with van der Waals surface area (Å²) in [5.74, 6) is -2.60. The van der Waals surface area contributed by atoms with Gasteiger partial charge in [-0.05, 0) is 48.9 Å². The summed E-state index contributed by atoms with van der Waals surface area (Å²) in [7, 11) is 0. The summed E-state index contributed by atoms with van der Waals surface area (Å²) >= 11 is 0. The number of aryl methyl sites for hydroxylation is 1. The molecule has 0 spiro atoms. The van der Waals surface area contributed by atoms with Gasteiger partial charge in [0, 0.05) is 6.21 Å². The molecule has 1 heterocycles. The number of rotatable bonds is 3. The second-order valence-electron chi connectivity index (χ2n) is 5.72. The molecule has 1 atom stereocenters. The number of aliphatic imine (C=N–C) groups is 1. The Morgan fingerprint density at radius 2 is 1.88 bits per heavy atom. The molecule has 4 amide bonds. The highest BCUT2D eigenvalue weighted by Crippen LogP contribution is 2.22. The molecule has 0 saturated carbocycles. The summed E-state index contributed by atoms with van der Waals surface area (Å²) in [5.41, 5.74) is 2.23. The summed E-state index contributed by atoms with van der Waals surface area (Å²) in [6, 6.07) is 14.4. The van der Waals surface area contributed by atoms with Crippen molar-refractivity contribution in [1.29, 1.82) is 5.26 Å². The van der Waals surface area contributed by atoms with Gasteiger partial charge in [-0.2, -0.15) is 5.26 Å². The molecule has 0 aromatic heterocycles. The van der Waals surface area contributed by atoms with E-state index in [4.69, 9.17) is 5.26 Å². The molecule has 7 nitrogen and oxygen atoms in total. The van der Waals surface area contributed by atoms with Gasteiger partial charge >= 0.3 is 6.03 Å². The van der Waals surface area contributed by atoms with E-state index in [1.54, 1.807) is 42.5 Å². The quantitative estimate of drug-likeness (QED) is 0.681. The molecule has 1 aliphatic rings. The van der Waals surface area contributed by atoms with Crippen LogP contribution < -0.4 is 10.2 Å². The van der Waals surface area contributed by atoms with Gasteiger partial charge in [0.2, 0.25) is 5.91 Å². The van der Waals surface area contributed by atoms with Crippen LogP contribution in [0, 0.1) is 24.2 Å². The third-order valence-corrected chi connectivity index (χ3v) is 3.83. The second kappa shape index (κ2) is 6.99. The number of nitrogens with zero attached hydrogens (tertiary/aromatic N) is 3. The fourth-order valence-electron chi connectivity index (χ4n) is 2.52. The minimum absolute atomic E-state index is 0.386. The van der Waals surface area contributed by atoms with E-state index in [2.05, 4.69) is 10.3 Å². The zero-order chi connectivity index (χ0) is 18.7. The monoisotopic (exact) mass is 346 g/mol. The number of imide groups is 2. The lowest BCUT2D eigenvalue weighted by atomic mass is 10.1. The minimum Gasteiger partial charge on any atom is -0.276 e. The number of barbiturate groups is 1. The molecule has 0 aliphatic carbocycles. The summed E-state index contributed by atoms with van der Waals surface area (Å²) in [5, 5.41) is 11.0. The van der Waals surface area contributed by atoms with Crippen molar-refractivity contribution in [1.82, 2.24) is 5.32 Å². The van der Waals surface area contributed by atoms with Gasteiger partial charge in [-0.15, -0.1) is 0 Å². The summed E-state index contributed by atoms with van der Waals surface area (Å²) in [6.45, 7) is 1.84. The Morgan fingerprint density at radius 3 is 2.54 bits per heavy atom. The van der Waals surface area contributed by atoms with Crippen LogP contribution in [0.2, 0.25) is 0 Å². The van der Waals surface area contributed by atoms with Crippen LogP contribution in [-0.4, -0.2) is 24.1 Å². The molecular formula is C19H14N4O3. The number of carbonyl (C=O) groups excluding carboxylic acids is 3. The molecule has 1 aliphatic heterocycles. The zero-order valence-electron chi connectivity index (χ0n) is 13.8. The number of urea groups is 1. The van der Waals surface area contributed by atoms with Crippen LogP contribution in [-0.2, 0) is 9.59 Å². The summed E-state index contributed by atoms with van der Waals surface area (Å²) in [4.78, 5) is 41.9. The highest BCUT2D eigenvalue weighted by atomic mass is 16.2. The number of nitrogens with one attached hydrogen (secondary N) is 1. The normalized spacial score (nSPS) is 17.3. The van der Waals surface area contributed by atoms with Gasteiger partial charge in [0.1, 0.15) is 0 Å². The van der Waals surface area contributed by atoms with Crippen LogP contribution in [0.3, 0.4) is 0 Å². The van der Waals surface area contributed by atoms with E-state index in [1.165, 1.54) is 6.21 Å². The second-order valence-corrected chi connectivity index (χ2v) is 5.72. The number of hydrogen-bond donors (Lipinski definition) is 1. The summed E-state index contributed by atoms with van der Waals surface area (Å²) in [6.07, 6.45) is 1.20. The standard InChI is InChI=1S/C19H14N4O3/c1-12-3-2-4-15(9-12)23-18(25)16(17(24)22-19(23)26)11-21-14-7-5-13(10-20)6-8-14/h2-9,11,16H,1H3,(H,22,24,26)/t16-/m1/s1. The van der Waals surface area contributed by atoms with Crippen molar-refractivity contribution >= 4 is 35.4 Å². The maximum atomic E-state index is 12.7. The Bertz CT molecular complexity index is 957. The lowest BCUT2D eigenvalue weighted by Crippen LogP contribution is -2.58. The molecule has 0 bridgehead atoms. The molecule has 1 N–H and O–H groups in total. The fraction of sp³-hybridized carbons (Fsp3) is 0.105. The smallest absolute Gasteiger partial charge is 0.276 e. The molecular weight excluding hydrogens is 332 g/mol. The number of nitriles is 1. The van der Waals surface area contributed by atoms with E-state index in [0.717, 1.165) is 10.5 Å². The van der Waals surface area contributed by atoms with Crippen LogP contribution in [0.25, 0.3) is 0 Å². The lowest BCUT2D eigenvalue weighted by molar-refractivity contribution is -0.131. The maximum absolute atomic E-state index is 12.7. The molecule has 2 aromatic carbocycles. The fourth-order valence-corrected chi connectivity index (χ4v) is 2.52. The molecule has 1 saturated heterocycles. The van der Waals surface area contributed by atoms with Crippen LogP contribution >= 0.6 is 0 Å². The predicted molar refractivity (Wildman–Crippen MR) is 95.0 cm³/mol. The van der Waals surface area contributed by atoms with E-state index in [-0.39, 0.29) is 0 Å². The van der Waals surface area contributed by atoms with Gasteiger partial charge < -0.3 is 0 Å². The van der Waals surface area contributed by atoms with E-state index >= 15 is 0 Å². The van der Waals surface area contributed by atoms with E-state index < -0.39 is 23.8 Å². The van der Waals surface area contributed by atoms with E-state index in [0.29, 0.717) is 16.9 Å². The molecule has 2 aromatic rings. The summed E-state index contributed by atoms with van der Waals surface area (Å²) < 4.78 is 0. The van der Waals surface area contributed by atoms with Gasteiger partial charge in [0.15, 0.2) is 5.92 Å². The molecule has 0 radical (unpaired) electrons. The molecule has 0 unspecified atom stereocenters. The lowest BCUT2D eigenvalue weighted by Gasteiger charge is -2.28. The Balaban J connectivity index is 1.87. The third kappa shape index (κ3) is 3.35. The van der Waals surface area contributed by atoms with Gasteiger partial charge in [-0.25, -0.2) is 9.69 Å². The van der Waals surface area contributed by atoms with Crippen molar-refractivity contribution in [3.63, 3.8) is 0 Å². The average molecular weight is 346 g/mol. The Hall–Kier alpha value is -3.79. The van der Waals surface area contributed by atoms with Crippen LogP contribution in [0.5, 0.6) is 0 Å². The molecule has 1 fully saturated rings. The van der Waals surface area contributed by atoms with Crippen molar-refractivity contribution in [2.24, 2.45) is 10.9 Å². The van der Waals surface area contributed by atoms with Gasteiger partial charge in [0.25, 0.3) is 5.91 Å². The number of amides is 4. The average Bonchev–Trinajstić information content (AvgIpc) is 2.62. The van der Waals surface area contributed by atoms with Crippen molar-refractivity contribution in [2.75, 3.05) is 4.90 Å². The number of benzene rings is 2. The van der Waals surface area contributed by atoms with E-state index in [1.807, 2.05) is 19.1 Å².